The van der Waals surface area contributed by atoms with Crippen molar-refractivity contribution in [2.45, 2.75) is 4.90 Å². The molecule has 0 radical (unpaired) electrons. The Balaban J connectivity index is 2.37. The molecular formula is C14H18N3OPS. The summed E-state index contributed by atoms with van der Waals surface area (Å²) in [5.74, 6) is 0. The number of hydrogen-bond donors (Lipinski definition) is 2. The second kappa shape index (κ2) is 6.95. The third-order valence-corrected chi connectivity index (χ3v) is 6.53. The van der Waals surface area contributed by atoms with Gasteiger partial charge in [0.05, 0.1) is 5.69 Å². The smallest absolute Gasteiger partial charge is 0.263 e. The molecule has 0 amide bonds. The Bertz CT molecular complexity index is 571. The first kappa shape index (κ1) is 15.1. The van der Waals surface area contributed by atoms with Gasteiger partial charge in [-0.25, -0.2) is 14.3 Å². The zero-order chi connectivity index (χ0) is 14.4. The normalized spacial score (nSPS) is 11.3. The molecule has 0 saturated heterocycles. The van der Waals surface area contributed by atoms with Crippen molar-refractivity contribution in [3.63, 3.8) is 0 Å². The first-order chi connectivity index (χ1) is 9.69. The third kappa shape index (κ3) is 3.44. The lowest BCUT2D eigenvalue weighted by Crippen LogP contribution is -2.28. The molecule has 0 aliphatic carbocycles. The molecule has 4 nitrogen and oxygen atoms in total. The van der Waals surface area contributed by atoms with Crippen LogP contribution in [0, 0.1) is 0 Å². The largest absolute Gasteiger partial charge is 0.315 e. The van der Waals surface area contributed by atoms with Gasteiger partial charge in [-0.2, -0.15) is 0 Å². The van der Waals surface area contributed by atoms with E-state index in [4.69, 9.17) is 0 Å². The van der Waals surface area contributed by atoms with Crippen LogP contribution in [0.5, 0.6) is 0 Å². The SMILES string of the molecule is CNP(=O)(NC)N(Sc1ccccc1)c1ccccc1. The second-order valence-electron chi connectivity index (χ2n) is 4.04. The molecule has 2 aromatic rings. The van der Waals surface area contributed by atoms with E-state index < -0.39 is 7.59 Å². The highest BCUT2D eigenvalue weighted by Crippen LogP contribution is 2.50. The van der Waals surface area contributed by atoms with Crippen LogP contribution in [0.15, 0.2) is 65.6 Å². The summed E-state index contributed by atoms with van der Waals surface area (Å²) in [6.45, 7) is 0. The molecule has 0 bridgehead atoms. The monoisotopic (exact) mass is 307 g/mol. The molecule has 0 saturated carbocycles. The van der Waals surface area contributed by atoms with Gasteiger partial charge >= 0.3 is 7.59 Å². The standard InChI is InChI=1S/C14H18N3OPS/c1-15-19(18,16-2)17(13-9-5-3-6-10-13)20-14-11-7-4-8-12-14/h3-12H,1-2H3,(H2,15,16,18). The molecular weight excluding hydrogens is 289 g/mol. The minimum atomic E-state index is -2.88. The zero-order valence-corrected chi connectivity index (χ0v) is 13.2. The van der Waals surface area contributed by atoms with E-state index in [1.807, 2.05) is 60.7 Å². The highest BCUT2D eigenvalue weighted by molar-refractivity contribution is 8.07. The van der Waals surface area contributed by atoms with Crippen molar-refractivity contribution in [3.8, 4) is 0 Å². The van der Waals surface area contributed by atoms with Crippen LogP contribution in [0.2, 0.25) is 0 Å². The van der Waals surface area contributed by atoms with Gasteiger partial charge in [0.15, 0.2) is 0 Å². The molecule has 20 heavy (non-hydrogen) atoms. The lowest BCUT2D eigenvalue weighted by atomic mass is 10.3. The molecule has 0 fully saturated rings. The highest BCUT2D eigenvalue weighted by atomic mass is 32.2. The fourth-order valence-corrected chi connectivity index (χ4v) is 4.69. The van der Waals surface area contributed by atoms with Gasteiger partial charge in [0, 0.05) is 4.90 Å². The second-order valence-corrected chi connectivity index (χ2v) is 7.77. The predicted molar refractivity (Wildman–Crippen MR) is 86.9 cm³/mol. The first-order valence-electron chi connectivity index (χ1n) is 6.26. The quantitative estimate of drug-likeness (QED) is 0.628. The van der Waals surface area contributed by atoms with E-state index >= 15 is 0 Å². The summed E-state index contributed by atoms with van der Waals surface area (Å²) in [5, 5.41) is 5.79. The Morgan fingerprint density at radius 2 is 1.40 bits per heavy atom. The number of nitrogens with zero attached hydrogens (tertiary/aromatic N) is 1. The van der Waals surface area contributed by atoms with Crippen LogP contribution in [-0.4, -0.2) is 14.1 Å². The lowest BCUT2D eigenvalue weighted by molar-refractivity contribution is 0.564. The molecule has 0 atom stereocenters. The summed E-state index contributed by atoms with van der Waals surface area (Å²) in [4.78, 5) is 1.03. The maximum Gasteiger partial charge on any atom is 0.315 e. The molecule has 106 valence electrons. The van der Waals surface area contributed by atoms with Gasteiger partial charge < -0.3 is 0 Å². The number of para-hydroxylation sites is 1. The van der Waals surface area contributed by atoms with Crippen LogP contribution in [0.3, 0.4) is 0 Å². The van der Waals surface area contributed by atoms with Gasteiger partial charge in [-0.15, -0.1) is 0 Å². The third-order valence-electron chi connectivity index (χ3n) is 2.77. The van der Waals surface area contributed by atoms with Gasteiger partial charge in [0.1, 0.15) is 0 Å². The summed E-state index contributed by atoms with van der Waals surface area (Å²) in [6.07, 6.45) is 0. The van der Waals surface area contributed by atoms with Gasteiger partial charge in [-0.1, -0.05) is 36.4 Å². The maximum atomic E-state index is 12.9. The fraction of sp³-hybridized carbons (Fsp3) is 0.143. The van der Waals surface area contributed by atoms with E-state index in [1.165, 1.54) is 11.9 Å². The molecule has 6 heteroatoms. The van der Waals surface area contributed by atoms with Crippen LogP contribution < -0.4 is 14.3 Å². The average molecular weight is 307 g/mol. The van der Waals surface area contributed by atoms with Crippen LogP contribution in [0.1, 0.15) is 0 Å². The zero-order valence-electron chi connectivity index (χ0n) is 11.5. The first-order valence-corrected chi connectivity index (χ1v) is 8.69. The Labute approximate surface area is 124 Å². The molecule has 2 N–H and O–H groups in total. The maximum absolute atomic E-state index is 12.9. The molecule has 0 aliphatic rings. The summed E-state index contributed by atoms with van der Waals surface area (Å²) in [7, 11) is 0.504. The van der Waals surface area contributed by atoms with E-state index in [0.29, 0.717) is 0 Å². The number of anilines is 1. The van der Waals surface area contributed by atoms with E-state index in [0.717, 1.165) is 10.6 Å². The van der Waals surface area contributed by atoms with Gasteiger partial charge in [0.25, 0.3) is 0 Å². The highest BCUT2D eigenvalue weighted by Gasteiger charge is 2.28. The Hall–Kier alpha value is -1.26. The van der Waals surface area contributed by atoms with Crippen molar-refractivity contribution in [1.29, 1.82) is 0 Å². The van der Waals surface area contributed by atoms with E-state index in [9.17, 15) is 4.57 Å². The molecule has 2 aromatic carbocycles. The molecule has 0 aliphatic heterocycles. The minimum absolute atomic E-state index is 0.883. The average Bonchev–Trinajstić information content (AvgIpc) is 2.54. The van der Waals surface area contributed by atoms with Gasteiger partial charge in [0.2, 0.25) is 0 Å². The fourth-order valence-electron chi connectivity index (χ4n) is 1.70. The van der Waals surface area contributed by atoms with E-state index in [-0.39, 0.29) is 0 Å². The summed E-state index contributed by atoms with van der Waals surface area (Å²) in [6, 6.07) is 19.6. The number of nitrogens with one attached hydrogen (secondary N) is 2. The van der Waals surface area contributed by atoms with Crippen LogP contribution >= 0.6 is 19.5 Å². The van der Waals surface area contributed by atoms with Crippen molar-refractivity contribution < 1.29 is 4.57 Å². The Kier molecular flexibility index (Phi) is 5.26. The van der Waals surface area contributed by atoms with Crippen molar-refractivity contribution in [2.24, 2.45) is 0 Å². The van der Waals surface area contributed by atoms with Crippen molar-refractivity contribution in [2.75, 3.05) is 18.2 Å². The van der Waals surface area contributed by atoms with Crippen molar-refractivity contribution in [1.82, 2.24) is 10.2 Å². The summed E-state index contributed by atoms with van der Waals surface area (Å²) >= 11 is 1.44. The molecule has 0 aromatic heterocycles. The Morgan fingerprint density at radius 3 is 1.90 bits per heavy atom. The summed E-state index contributed by atoms with van der Waals surface area (Å²) in [5.41, 5.74) is 0.883. The van der Waals surface area contributed by atoms with Crippen molar-refractivity contribution >= 4 is 25.2 Å². The predicted octanol–water partition coefficient (Wildman–Crippen LogP) is 3.75. The van der Waals surface area contributed by atoms with Crippen LogP contribution in [-0.2, 0) is 4.57 Å². The van der Waals surface area contributed by atoms with Gasteiger partial charge in [-0.3, -0.25) is 4.57 Å². The van der Waals surface area contributed by atoms with Crippen molar-refractivity contribution in [3.05, 3.63) is 60.7 Å². The summed E-state index contributed by atoms with van der Waals surface area (Å²) < 4.78 is 14.7. The minimum Gasteiger partial charge on any atom is -0.263 e. The molecule has 0 heterocycles. The number of benzene rings is 2. The molecule has 2 rings (SSSR count). The van der Waals surface area contributed by atoms with Crippen LogP contribution in [0.25, 0.3) is 0 Å². The van der Waals surface area contributed by atoms with E-state index in [1.54, 1.807) is 18.2 Å². The Morgan fingerprint density at radius 1 is 0.900 bits per heavy atom. The number of rotatable bonds is 6. The molecule has 0 unspecified atom stereocenters. The topological polar surface area (TPSA) is 44.4 Å². The van der Waals surface area contributed by atoms with E-state index in [2.05, 4.69) is 10.2 Å². The van der Waals surface area contributed by atoms with Crippen LogP contribution in [0.4, 0.5) is 5.69 Å². The lowest BCUT2D eigenvalue weighted by Gasteiger charge is -2.30. The van der Waals surface area contributed by atoms with Gasteiger partial charge in [-0.05, 0) is 50.3 Å². The number of hydrogen-bond acceptors (Lipinski definition) is 2. The molecule has 0 spiro atoms.